The van der Waals surface area contributed by atoms with Crippen molar-refractivity contribution in [1.29, 1.82) is 0 Å². The lowest BCUT2D eigenvalue weighted by Crippen LogP contribution is -2.25. The van der Waals surface area contributed by atoms with Gasteiger partial charge in [-0.25, -0.2) is 4.39 Å². The molecule has 0 aliphatic heterocycles. The van der Waals surface area contributed by atoms with E-state index in [0.29, 0.717) is 5.56 Å². The molecule has 0 radical (unpaired) electrons. The third kappa shape index (κ3) is 2.26. The third-order valence-electron chi connectivity index (χ3n) is 2.06. The molecule has 2 unspecified atom stereocenters. The number of hydrogen-bond donors (Lipinski definition) is 2. The summed E-state index contributed by atoms with van der Waals surface area (Å²) in [5, 5.41) is 9.61. The Balaban J connectivity index is 3.05. The highest BCUT2D eigenvalue weighted by Crippen LogP contribution is 2.20. The molecule has 0 aliphatic carbocycles. The Hall–Kier alpha value is -0.930. The van der Waals surface area contributed by atoms with Crippen molar-refractivity contribution in [2.24, 2.45) is 5.73 Å². The van der Waals surface area contributed by atoms with Gasteiger partial charge >= 0.3 is 0 Å². The standard InChI is InChI=1S/C10H14FNO/c1-6-3-4-8(11)5-9(6)10(13)7(2)12/h3-5,7,10,13H,12H2,1-2H3. The van der Waals surface area contributed by atoms with Crippen molar-refractivity contribution in [3.8, 4) is 0 Å². The molecule has 72 valence electrons. The second-order valence-corrected chi connectivity index (χ2v) is 3.30. The molecule has 0 spiro atoms. The van der Waals surface area contributed by atoms with Crippen LogP contribution in [0, 0.1) is 12.7 Å². The summed E-state index contributed by atoms with van der Waals surface area (Å²) in [7, 11) is 0. The first-order valence-electron chi connectivity index (χ1n) is 4.22. The van der Waals surface area contributed by atoms with Crippen LogP contribution in [-0.2, 0) is 0 Å². The monoisotopic (exact) mass is 183 g/mol. The van der Waals surface area contributed by atoms with Gasteiger partial charge in [-0.2, -0.15) is 0 Å². The maximum Gasteiger partial charge on any atom is 0.123 e. The maximum absolute atomic E-state index is 12.8. The summed E-state index contributed by atoms with van der Waals surface area (Å²) < 4.78 is 12.8. The average molecular weight is 183 g/mol. The summed E-state index contributed by atoms with van der Waals surface area (Å²) >= 11 is 0. The predicted octanol–water partition coefficient (Wildman–Crippen LogP) is 1.51. The summed E-state index contributed by atoms with van der Waals surface area (Å²) in [5.74, 6) is -0.347. The molecule has 2 nitrogen and oxygen atoms in total. The molecular weight excluding hydrogens is 169 g/mol. The van der Waals surface area contributed by atoms with E-state index in [4.69, 9.17) is 5.73 Å². The van der Waals surface area contributed by atoms with E-state index in [9.17, 15) is 9.50 Å². The number of rotatable bonds is 2. The molecule has 0 amide bonds. The number of aliphatic hydroxyl groups is 1. The zero-order chi connectivity index (χ0) is 10.0. The van der Waals surface area contributed by atoms with Gasteiger partial charge in [0.1, 0.15) is 5.82 Å². The molecular formula is C10H14FNO. The van der Waals surface area contributed by atoms with Crippen LogP contribution < -0.4 is 5.73 Å². The van der Waals surface area contributed by atoms with Crippen LogP contribution in [0.1, 0.15) is 24.2 Å². The molecule has 0 heterocycles. The molecule has 0 saturated heterocycles. The zero-order valence-electron chi connectivity index (χ0n) is 7.79. The van der Waals surface area contributed by atoms with E-state index >= 15 is 0 Å². The first-order chi connectivity index (χ1) is 6.02. The van der Waals surface area contributed by atoms with Crippen LogP contribution in [0.3, 0.4) is 0 Å². The molecule has 0 bridgehead atoms. The van der Waals surface area contributed by atoms with Crippen molar-refractivity contribution in [2.75, 3.05) is 0 Å². The van der Waals surface area contributed by atoms with E-state index in [0.717, 1.165) is 5.56 Å². The minimum Gasteiger partial charge on any atom is -0.387 e. The molecule has 1 rings (SSSR count). The molecule has 1 aromatic rings. The normalized spacial score (nSPS) is 15.5. The minimum atomic E-state index is -0.796. The molecule has 3 heteroatoms. The molecule has 3 N–H and O–H groups in total. The van der Waals surface area contributed by atoms with E-state index in [2.05, 4.69) is 0 Å². The van der Waals surface area contributed by atoms with E-state index in [1.165, 1.54) is 12.1 Å². The molecule has 13 heavy (non-hydrogen) atoms. The summed E-state index contributed by atoms with van der Waals surface area (Å²) in [4.78, 5) is 0. The summed E-state index contributed by atoms with van der Waals surface area (Å²) in [6.07, 6.45) is -0.796. The van der Waals surface area contributed by atoms with Gasteiger partial charge in [0.25, 0.3) is 0 Å². The number of benzene rings is 1. The highest BCUT2D eigenvalue weighted by Gasteiger charge is 2.14. The lowest BCUT2D eigenvalue weighted by molar-refractivity contribution is 0.152. The second kappa shape index (κ2) is 3.85. The Morgan fingerprint density at radius 2 is 2.08 bits per heavy atom. The number of aryl methyl sites for hydroxylation is 1. The minimum absolute atomic E-state index is 0.347. The molecule has 2 atom stereocenters. The van der Waals surface area contributed by atoms with Gasteiger partial charge in [0.05, 0.1) is 6.10 Å². The van der Waals surface area contributed by atoms with E-state index in [1.54, 1.807) is 13.0 Å². The van der Waals surface area contributed by atoms with Gasteiger partial charge in [0, 0.05) is 6.04 Å². The van der Waals surface area contributed by atoms with Gasteiger partial charge in [-0.3, -0.25) is 0 Å². The Bertz CT molecular complexity index is 299. The SMILES string of the molecule is Cc1ccc(F)cc1C(O)C(C)N. The molecule has 0 fully saturated rings. The maximum atomic E-state index is 12.8. The van der Waals surface area contributed by atoms with Crippen LogP contribution in [0.5, 0.6) is 0 Å². The first kappa shape index (κ1) is 10.2. The van der Waals surface area contributed by atoms with Crippen molar-refractivity contribution in [2.45, 2.75) is 26.0 Å². The first-order valence-corrected chi connectivity index (χ1v) is 4.22. The summed E-state index contributed by atoms with van der Waals surface area (Å²) in [6, 6.07) is 3.94. The largest absolute Gasteiger partial charge is 0.387 e. The van der Waals surface area contributed by atoms with Crippen molar-refractivity contribution < 1.29 is 9.50 Å². The Morgan fingerprint density at radius 1 is 1.46 bits per heavy atom. The Kier molecular flexibility index (Phi) is 3.01. The van der Waals surface area contributed by atoms with Crippen molar-refractivity contribution in [1.82, 2.24) is 0 Å². The van der Waals surface area contributed by atoms with Gasteiger partial charge in [0.2, 0.25) is 0 Å². The average Bonchev–Trinajstić information content (AvgIpc) is 2.08. The van der Waals surface area contributed by atoms with Gasteiger partial charge in [-0.15, -0.1) is 0 Å². The van der Waals surface area contributed by atoms with Crippen LogP contribution >= 0.6 is 0 Å². The lowest BCUT2D eigenvalue weighted by atomic mass is 9.99. The van der Waals surface area contributed by atoms with Crippen LogP contribution in [0.25, 0.3) is 0 Å². The van der Waals surface area contributed by atoms with Crippen LogP contribution in [-0.4, -0.2) is 11.1 Å². The smallest absolute Gasteiger partial charge is 0.123 e. The highest BCUT2D eigenvalue weighted by molar-refractivity contribution is 5.29. The second-order valence-electron chi connectivity index (χ2n) is 3.30. The number of hydrogen-bond acceptors (Lipinski definition) is 2. The summed E-state index contributed by atoms with van der Waals surface area (Å²) in [5.41, 5.74) is 6.93. The van der Waals surface area contributed by atoms with E-state index < -0.39 is 6.10 Å². The van der Waals surface area contributed by atoms with Gasteiger partial charge < -0.3 is 10.8 Å². The fourth-order valence-corrected chi connectivity index (χ4v) is 1.21. The lowest BCUT2D eigenvalue weighted by Gasteiger charge is -2.16. The fourth-order valence-electron chi connectivity index (χ4n) is 1.21. The molecule has 0 aromatic heterocycles. The molecule has 0 aliphatic rings. The van der Waals surface area contributed by atoms with E-state index in [1.807, 2.05) is 6.92 Å². The Morgan fingerprint density at radius 3 is 2.62 bits per heavy atom. The van der Waals surface area contributed by atoms with Crippen LogP contribution in [0.2, 0.25) is 0 Å². The van der Waals surface area contributed by atoms with Gasteiger partial charge in [-0.1, -0.05) is 6.07 Å². The van der Waals surface area contributed by atoms with E-state index in [-0.39, 0.29) is 11.9 Å². The van der Waals surface area contributed by atoms with Crippen molar-refractivity contribution in [3.63, 3.8) is 0 Å². The fraction of sp³-hybridized carbons (Fsp3) is 0.400. The number of halogens is 1. The van der Waals surface area contributed by atoms with Gasteiger partial charge in [-0.05, 0) is 37.1 Å². The Labute approximate surface area is 77.2 Å². The predicted molar refractivity (Wildman–Crippen MR) is 49.7 cm³/mol. The van der Waals surface area contributed by atoms with Crippen molar-refractivity contribution in [3.05, 3.63) is 35.1 Å². The van der Waals surface area contributed by atoms with Crippen LogP contribution in [0.15, 0.2) is 18.2 Å². The number of nitrogens with two attached hydrogens (primary N) is 1. The topological polar surface area (TPSA) is 46.2 Å². The molecule has 0 saturated carbocycles. The third-order valence-corrected chi connectivity index (χ3v) is 2.06. The zero-order valence-corrected chi connectivity index (χ0v) is 7.79. The molecule has 1 aromatic carbocycles. The van der Waals surface area contributed by atoms with Crippen LogP contribution in [0.4, 0.5) is 4.39 Å². The van der Waals surface area contributed by atoms with Crippen molar-refractivity contribution >= 4 is 0 Å². The van der Waals surface area contributed by atoms with Gasteiger partial charge in [0.15, 0.2) is 0 Å². The summed E-state index contributed by atoms with van der Waals surface area (Å²) in [6.45, 7) is 3.51. The highest BCUT2D eigenvalue weighted by atomic mass is 19.1. The number of aliphatic hydroxyl groups excluding tert-OH is 1. The quantitative estimate of drug-likeness (QED) is 0.730.